The normalized spacial score (nSPS) is 14.2. The van der Waals surface area contributed by atoms with Crippen molar-refractivity contribution in [3.05, 3.63) is 52.4 Å². The maximum absolute atomic E-state index is 13.3. The van der Waals surface area contributed by atoms with Crippen LogP contribution in [0.25, 0.3) is 0 Å². The fourth-order valence-corrected chi connectivity index (χ4v) is 3.60. The number of rotatable bonds is 6. The SMILES string of the molecule is O=C(NCCC(=O)N1CCCCCC1)c1cccnc1Oc1ccc(F)cc1Br. The predicted molar refractivity (Wildman–Crippen MR) is 110 cm³/mol. The van der Waals surface area contributed by atoms with E-state index in [9.17, 15) is 14.0 Å². The van der Waals surface area contributed by atoms with Gasteiger partial charge in [-0.1, -0.05) is 12.8 Å². The summed E-state index contributed by atoms with van der Waals surface area (Å²) < 4.78 is 19.4. The molecule has 1 aliphatic rings. The van der Waals surface area contributed by atoms with E-state index in [1.54, 1.807) is 12.1 Å². The molecule has 2 aromatic rings. The average molecular weight is 464 g/mol. The Balaban J connectivity index is 1.59. The first kappa shape index (κ1) is 21.2. The monoisotopic (exact) mass is 463 g/mol. The molecule has 1 N–H and O–H groups in total. The maximum Gasteiger partial charge on any atom is 0.256 e. The van der Waals surface area contributed by atoms with Gasteiger partial charge in [0.2, 0.25) is 11.8 Å². The second-order valence-electron chi connectivity index (χ2n) is 6.83. The van der Waals surface area contributed by atoms with Gasteiger partial charge in [-0.15, -0.1) is 0 Å². The number of carbonyl (C=O) groups excluding carboxylic acids is 2. The van der Waals surface area contributed by atoms with Crippen LogP contribution in [0.4, 0.5) is 4.39 Å². The van der Waals surface area contributed by atoms with Crippen LogP contribution in [0.3, 0.4) is 0 Å². The van der Waals surface area contributed by atoms with E-state index in [4.69, 9.17) is 4.74 Å². The number of hydrogen-bond acceptors (Lipinski definition) is 4. The lowest BCUT2D eigenvalue weighted by atomic mass is 10.2. The lowest BCUT2D eigenvalue weighted by Crippen LogP contribution is -2.35. The van der Waals surface area contributed by atoms with E-state index >= 15 is 0 Å². The molecule has 3 rings (SSSR count). The predicted octanol–water partition coefficient (Wildman–Crippen LogP) is 4.30. The summed E-state index contributed by atoms with van der Waals surface area (Å²) in [5.41, 5.74) is 0.242. The third-order valence-electron chi connectivity index (χ3n) is 4.70. The maximum atomic E-state index is 13.3. The second-order valence-corrected chi connectivity index (χ2v) is 7.69. The minimum atomic E-state index is -0.405. The van der Waals surface area contributed by atoms with E-state index < -0.39 is 5.82 Å². The molecule has 0 atom stereocenters. The van der Waals surface area contributed by atoms with Crippen molar-refractivity contribution in [1.82, 2.24) is 15.2 Å². The smallest absolute Gasteiger partial charge is 0.256 e. The number of nitrogens with zero attached hydrogens (tertiary/aromatic N) is 2. The van der Waals surface area contributed by atoms with Gasteiger partial charge in [-0.3, -0.25) is 9.59 Å². The average Bonchev–Trinajstić information content (AvgIpc) is 3.00. The number of benzene rings is 1. The van der Waals surface area contributed by atoms with Crippen LogP contribution in [-0.2, 0) is 4.79 Å². The Morgan fingerprint density at radius 3 is 2.66 bits per heavy atom. The number of ether oxygens (including phenoxy) is 1. The molecule has 1 saturated heterocycles. The Bertz CT molecular complexity index is 870. The first-order valence-corrected chi connectivity index (χ1v) is 10.5. The highest BCUT2D eigenvalue weighted by atomic mass is 79.9. The zero-order chi connectivity index (χ0) is 20.6. The molecule has 1 aromatic carbocycles. The number of hydrogen-bond donors (Lipinski definition) is 1. The van der Waals surface area contributed by atoms with Gasteiger partial charge in [0.05, 0.1) is 4.47 Å². The fourth-order valence-electron chi connectivity index (χ4n) is 3.16. The highest BCUT2D eigenvalue weighted by Gasteiger charge is 2.18. The second kappa shape index (κ2) is 10.3. The molecule has 0 spiro atoms. The Morgan fingerprint density at radius 1 is 1.17 bits per heavy atom. The first-order valence-electron chi connectivity index (χ1n) is 9.68. The highest BCUT2D eigenvalue weighted by Crippen LogP contribution is 2.30. The lowest BCUT2D eigenvalue weighted by molar-refractivity contribution is -0.131. The molecule has 1 aliphatic heterocycles. The summed E-state index contributed by atoms with van der Waals surface area (Å²) in [6.45, 7) is 1.82. The molecule has 8 heteroatoms. The summed E-state index contributed by atoms with van der Waals surface area (Å²) in [6, 6.07) is 7.20. The molecule has 0 bridgehead atoms. The van der Waals surface area contributed by atoms with E-state index in [0.717, 1.165) is 38.8 Å². The summed E-state index contributed by atoms with van der Waals surface area (Å²) in [6.07, 6.45) is 6.15. The molecule has 2 amide bonds. The van der Waals surface area contributed by atoms with Gasteiger partial charge in [0.1, 0.15) is 17.1 Å². The van der Waals surface area contributed by atoms with Crippen molar-refractivity contribution in [3.63, 3.8) is 0 Å². The number of carbonyl (C=O) groups is 2. The lowest BCUT2D eigenvalue weighted by Gasteiger charge is -2.20. The van der Waals surface area contributed by atoms with Crippen molar-refractivity contribution < 1.29 is 18.7 Å². The molecule has 0 aliphatic carbocycles. The third kappa shape index (κ3) is 6.00. The summed E-state index contributed by atoms with van der Waals surface area (Å²) in [5.74, 6) is -0.274. The van der Waals surface area contributed by atoms with Gasteiger partial charge in [-0.2, -0.15) is 0 Å². The topological polar surface area (TPSA) is 71.5 Å². The van der Waals surface area contributed by atoms with Crippen LogP contribution in [0.15, 0.2) is 41.0 Å². The Morgan fingerprint density at radius 2 is 1.93 bits per heavy atom. The molecule has 0 saturated carbocycles. The van der Waals surface area contributed by atoms with Gasteiger partial charge < -0.3 is 15.0 Å². The Labute approximate surface area is 177 Å². The molecule has 154 valence electrons. The number of nitrogens with one attached hydrogen (secondary N) is 1. The zero-order valence-electron chi connectivity index (χ0n) is 16.0. The van der Waals surface area contributed by atoms with E-state index in [0.29, 0.717) is 10.2 Å². The van der Waals surface area contributed by atoms with E-state index in [1.165, 1.54) is 24.4 Å². The van der Waals surface area contributed by atoms with Gasteiger partial charge >= 0.3 is 0 Å². The van der Waals surface area contributed by atoms with Crippen molar-refractivity contribution in [2.45, 2.75) is 32.1 Å². The number of amides is 2. The van der Waals surface area contributed by atoms with Crippen LogP contribution in [0, 0.1) is 5.82 Å². The van der Waals surface area contributed by atoms with Gasteiger partial charge in [0, 0.05) is 32.3 Å². The molecule has 29 heavy (non-hydrogen) atoms. The quantitative estimate of drug-likeness (QED) is 0.692. The summed E-state index contributed by atoms with van der Waals surface area (Å²) in [7, 11) is 0. The van der Waals surface area contributed by atoms with E-state index in [2.05, 4.69) is 26.2 Å². The van der Waals surface area contributed by atoms with Crippen molar-refractivity contribution in [2.75, 3.05) is 19.6 Å². The third-order valence-corrected chi connectivity index (χ3v) is 5.32. The van der Waals surface area contributed by atoms with Crippen LogP contribution in [0.2, 0.25) is 0 Å². The summed E-state index contributed by atoms with van der Waals surface area (Å²) >= 11 is 3.23. The first-order chi connectivity index (χ1) is 14.0. The van der Waals surface area contributed by atoms with Crippen molar-refractivity contribution >= 4 is 27.7 Å². The van der Waals surface area contributed by atoms with Gasteiger partial charge in [-0.25, -0.2) is 9.37 Å². The molecule has 1 fully saturated rings. The summed E-state index contributed by atoms with van der Waals surface area (Å²) in [5, 5.41) is 2.76. The molecule has 1 aromatic heterocycles. The standard InChI is InChI=1S/C21H23BrFN3O3/c22-17-14-15(23)7-8-18(17)29-21-16(6-5-10-25-21)20(28)24-11-9-19(27)26-12-3-1-2-4-13-26/h5-8,10,14H,1-4,9,11-13H2,(H,24,28). The molecular formula is C21H23BrFN3O3. The van der Waals surface area contributed by atoms with E-state index in [-0.39, 0.29) is 36.2 Å². The molecule has 6 nitrogen and oxygen atoms in total. The van der Waals surface area contributed by atoms with Crippen LogP contribution < -0.4 is 10.1 Å². The van der Waals surface area contributed by atoms with Crippen LogP contribution in [-0.4, -0.2) is 41.3 Å². The zero-order valence-corrected chi connectivity index (χ0v) is 17.6. The number of pyridine rings is 1. The molecular weight excluding hydrogens is 441 g/mol. The summed E-state index contributed by atoms with van der Waals surface area (Å²) in [4.78, 5) is 30.9. The minimum absolute atomic E-state index is 0.0603. The number of aromatic nitrogens is 1. The Kier molecular flexibility index (Phi) is 7.57. The van der Waals surface area contributed by atoms with Gasteiger partial charge in [0.25, 0.3) is 5.91 Å². The van der Waals surface area contributed by atoms with Gasteiger partial charge in [-0.05, 0) is 59.1 Å². The minimum Gasteiger partial charge on any atom is -0.437 e. The number of likely N-dealkylation sites (tertiary alicyclic amines) is 1. The van der Waals surface area contributed by atoms with E-state index in [1.807, 2.05) is 4.90 Å². The largest absolute Gasteiger partial charge is 0.437 e. The fraction of sp³-hybridized carbons (Fsp3) is 0.381. The molecule has 0 unspecified atom stereocenters. The molecule has 2 heterocycles. The Hall–Kier alpha value is -2.48. The van der Waals surface area contributed by atoms with Crippen molar-refractivity contribution in [1.29, 1.82) is 0 Å². The van der Waals surface area contributed by atoms with Crippen LogP contribution >= 0.6 is 15.9 Å². The van der Waals surface area contributed by atoms with Gasteiger partial charge in [0.15, 0.2) is 0 Å². The van der Waals surface area contributed by atoms with Crippen molar-refractivity contribution in [3.8, 4) is 11.6 Å². The molecule has 0 radical (unpaired) electrons. The van der Waals surface area contributed by atoms with Crippen LogP contribution in [0.5, 0.6) is 11.6 Å². The van der Waals surface area contributed by atoms with Crippen LogP contribution in [0.1, 0.15) is 42.5 Å². The highest BCUT2D eigenvalue weighted by molar-refractivity contribution is 9.10. The number of halogens is 2. The van der Waals surface area contributed by atoms with Crippen molar-refractivity contribution in [2.24, 2.45) is 0 Å².